The van der Waals surface area contributed by atoms with Gasteiger partial charge in [-0.3, -0.25) is 19.6 Å². The van der Waals surface area contributed by atoms with Crippen molar-refractivity contribution in [3.05, 3.63) is 85.5 Å². The summed E-state index contributed by atoms with van der Waals surface area (Å²) in [7, 11) is 0. The van der Waals surface area contributed by atoms with Gasteiger partial charge in [-0.25, -0.2) is 0 Å². The number of rotatable bonds is 5. The number of carbonyl (C=O) groups excluding carboxylic acids is 1. The van der Waals surface area contributed by atoms with Gasteiger partial charge in [0.2, 0.25) is 0 Å². The number of aromatic nitrogens is 2. The van der Waals surface area contributed by atoms with Crippen LogP contribution in [0.2, 0.25) is 0 Å². The monoisotopic (exact) mass is 428 g/mol. The minimum Gasteiger partial charge on any atom is -0.304 e. The van der Waals surface area contributed by atoms with E-state index in [-0.39, 0.29) is 11.6 Å². The Bertz CT molecular complexity index is 1010. The molecule has 8 heteroatoms. The lowest BCUT2D eigenvalue weighted by Crippen LogP contribution is -2.13. The molecule has 0 aliphatic rings. The number of nitrogens with one attached hydrogen (secondary N) is 1. The molecule has 0 saturated heterocycles. The van der Waals surface area contributed by atoms with Crippen molar-refractivity contribution in [2.24, 2.45) is 0 Å². The van der Waals surface area contributed by atoms with Gasteiger partial charge in [-0.2, -0.15) is 5.10 Å². The van der Waals surface area contributed by atoms with Crippen molar-refractivity contribution in [2.75, 3.05) is 5.32 Å². The number of halogens is 1. The second kappa shape index (κ2) is 7.71. The number of nitro benzene ring substituents is 1. The number of hydrogen-bond acceptors (Lipinski definition) is 4. The summed E-state index contributed by atoms with van der Waals surface area (Å²) in [6.45, 7) is 4.20. The lowest BCUT2D eigenvalue weighted by atomic mass is 10.1. The van der Waals surface area contributed by atoms with Crippen LogP contribution in [0, 0.1) is 24.0 Å². The molecular formula is C19H17BrN4O3. The predicted molar refractivity (Wildman–Crippen MR) is 106 cm³/mol. The summed E-state index contributed by atoms with van der Waals surface area (Å²) in [5.41, 5.74) is 3.02. The third kappa shape index (κ3) is 4.40. The summed E-state index contributed by atoms with van der Waals surface area (Å²) in [5, 5.41) is 18.0. The first-order valence-corrected chi connectivity index (χ1v) is 8.97. The van der Waals surface area contributed by atoms with Gasteiger partial charge in [-0.1, -0.05) is 29.8 Å². The third-order valence-electron chi connectivity index (χ3n) is 4.07. The van der Waals surface area contributed by atoms with Crippen molar-refractivity contribution >= 4 is 33.3 Å². The Balaban J connectivity index is 1.74. The Hall–Kier alpha value is -3.00. The molecule has 1 aromatic heterocycles. The summed E-state index contributed by atoms with van der Waals surface area (Å²) in [6.07, 6.45) is 1.79. The molecule has 0 aliphatic carbocycles. The van der Waals surface area contributed by atoms with Gasteiger partial charge in [0.25, 0.3) is 11.6 Å². The maximum atomic E-state index is 12.5. The first-order valence-electron chi connectivity index (χ1n) is 8.18. The molecule has 27 heavy (non-hydrogen) atoms. The lowest BCUT2D eigenvalue weighted by Gasteiger charge is -2.05. The zero-order valence-corrected chi connectivity index (χ0v) is 16.4. The van der Waals surface area contributed by atoms with Crippen LogP contribution in [0.15, 0.2) is 53.1 Å². The summed E-state index contributed by atoms with van der Waals surface area (Å²) in [4.78, 5) is 22.9. The molecule has 1 amide bonds. The van der Waals surface area contributed by atoms with Crippen molar-refractivity contribution in [2.45, 2.75) is 20.4 Å². The van der Waals surface area contributed by atoms with Crippen LogP contribution in [-0.4, -0.2) is 20.6 Å². The molecule has 138 valence electrons. The van der Waals surface area contributed by atoms with Crippen LogP contribution in [-0.2, 0) is 6.54 Å². The van der Waals surface area contributed by atoms with E-state index in [1.165, 1.54) is 23.8 Å². The van der Waals surface area contributed by atoms with Gasteiger partial charge in [0.15, 0.2) is 5.82 Å². The Morgan fingerprint density at radius 2 is 1.93 bits per heavy atom. The molecule has 0 atom stereocenters. The average Bonchev–Trinajstić information content (AvgIpc) is 2.95. The number of hydrogen-bond donors (Lipinski definition) is 1. The van der Waals surface area contributed by atoms with E-state index in [1.807, 2.05) is 31.2 Å². The van der Waals surface area contributed by atoms with Crippen LogP contribution in [0.4, 0.5) is 11.5 Å². The van der Waals surface area contributed by atoms with E-state index in [1.54, 1.807) is 17.8 Å². The van der Waals surface area contributed by atoms with Gasteiger partial charge in [-0.15, -0.1) is 0 Å². The molecule has 2 aromatic carbocycles. The van der Waals surface area contributed by atoms with Crippen LogP contribution >= 0.6 is 15.9 Å². The molecular weight excluding hydrogens is 412 g/mol. The molecule has 3 rings (SSSR count). The second-order valence-corrected chi connectivity index (χ2v) is 7.08. The molecule has 1 N–H and O–H groups in total. The van der Waals surface area contributed by atoms with Crippen molar-refractivity contribution in [1.82, 2.24) is 9.78 Å². The normalized spacial score (nSPS) is 10.6. The van der Waals surface area contributed by atoms with E-state index in [9.17, 15) is 14.9 Å². The zero-order valence-electron chi connectivity index (χ0n) is 14.8. The van der Waals surface area contributed by atoms with Crippen LogP contribution < -0.4 is 5.32 Å². The lowest BCUT2D eigenvalue weighted by molar-refractivity contribution is -0.385. The van der Waals surface area contributed by atoms with Gasteiger partial charge in [-0.05, 0) is 47.5 Å². The molecule has 0 saturated carbocycles. The van der Waals surface area contributed by atoms with E-state index < -0.39 is 4.92 Å². The number of benzene rings is 2. The SMILES string of the molecule is Cc1ccc(Cn2cc(Br)c(NC(=O)c3ccc([N+](=O)[O-])c(C)c3)n2)cc1. The molecule has 0 bridgehead atoms. The summed E-state index contributed by atoms with van der Waals surface area (Å²) in [5.74, 6) is 0.0115. The third-order valence-corrected chi connectivity index (χ3v) is 4.65. The van der Waals surface area contributed by atoms with Gasteiger partial charge in [0, 0.05) is 23.4 Å². The number of carbonyl (C=O) groups is 1. The van der Waals surface area contributed by atoms with Crippen LogP contribution in [0.3, 0.4) is 0 Å². The largest absolute Gasteiger partial charge is 0.304 e. The van der Waals surface area contributed by atoms with Crippen molar-refractivity contribution < 1.29 is 9.72 Å². The Labute approximate surface area is 164 Å². The predicted octanol–water partition coefficient (Wildman–Crippen LogP) is 4.47. The molecule has 0 aliphatic heterocycles. The fourth-order valence-corrected chi connectivity index (χ4v) is 3.04. The smallest absolute Gasteiger partial charge is 0.272 e. The van der Waals surface area contributed by atoms with Crippen molar-refractivity contribution in [3.8, 4) is 0 Å². The molecule has 3 aromatic rings. The number of nitro groups is 1. The maximum absolute atomic E-state index is 12.5. The molecule has 0 unspecified atom stereocenters. The van der Waals surface area contributed by atoms with E-state index in [0.29, 0.717) is 28.0 Å². The highest BCUT2D eigenvalue weighted by Gasteiger charge is 2.16. The Morgan fingerprint density at radius 3 is 2.56 bits per heavy atom. The number of amides is 1. The fraction of sp³-hybridized carbons (Fsp3) is 0.158. The highest BCUT2D eigenvalue weighted by Crippen LogP contribution is 2.23. The van der Waals surface area contributed by atoms with E-state index >= 15 is 0 Å². The average molecular weight is 429 g/mol. The maximum Gasteiger partial charge on any atom is 0.272 e. The number of anilines is 1. The summed E-state index contributed by atoms with van der Waals surface area (Å²) in [6, 6.07) is 12.4. The van der Waals surface area contributed by atoms with Gasteiger partial charge < -0.3 is 5.32 Å². The number of aryl methyl sites for hydroxylation is 2. The van der Waals surface area contributed by atoms with Gasteiger partial charge in [0.05, 0.1) is 15.9 Å². The second-order valence-electron chi connectivity index (χ2n) is 6.22. The standard InChI is InChI=1S/C19H17BrN4O3/c1-12-3-5-14(6-4-12)10-23-11-16(20)18(22-23)21-19(25)15-7-8-17(24(26)27)13(2)9-15/h3-9,11H,10H2,1-2H3,(H,21,22,25). The Morgan fingerprint density at radius 1 is 1.22 bits per heavy atom. The molecule has 0 radical (unpaired) electrons. The highest BCUT2D eigenvalue weighted by molar-refractivity contribution is 9.10. The molecule has 0 spiro atoms. The van der Waals surface area contributed by atoms with E-state index in [0.717, 1.165) is 5.56 Å². The summed E-state index contributed by atoms with van der Waals surface area (Å²) >= 11 is 3.40. The van der Waals surface area contributed by atoms with Gasteiger partial charge in [0.1, 0.15) is 0 Å². The van der Waals surface area contributed by atoms with Crippen LogP contribution in [0.1, 0.15) is 27.0 Å². The summed E-state index contributed by atoms with van der Waals surface area (Å²) < 4.78 is 2.38. The first-order chi connectivity index (χ1) is 12.8. The minimum atomic E-state index is -0.472. The van der Waals surface area contributed by atoms with Crippen LogP contribution in [0.5, 0.6) is 0 Å². The number of nitrogens with zero attached hydrogens (tertiary/aromatic N) is 3. The van der Waals surface area contributed by atoms with Crippen molar-refractivity contribution in [1.29, 1.82) is 0 Å². The highest BCUT2D eigenvalue weighted by atomic mass is 79.9. The Kier molecular flexibility index (Phi) is 5.36. The van der Waals surface area contributed by atoms with Gasteiger partial charge >= 0.3 is 0 Å². The van der Waals surface area contributed by atoms with Crippen LogP contribution in [0.25, 0.3) is 0 Å². The van der Waals surface area contributed by atoms with E-state index in [4.69, 9.17) is 0 Å². The topological polar surface area (TPSA) is 90.1 Å². The minimum absolute atomic E-state index is 0.0184. The van der Waals surface area contributed by atoms with Crippen molar-refractivity contribution in [3.63, 3.8) is 0 Å². The fourth-order valence-electron chi connectivity index (χ4n) is 2.62. The first kappa shape index (κ1) is 18.8. The molecule has 7 nitrogen and oxygen atoms in total. The molecule has 1 heterocycles. The van der Waals surface area contributed by atoms with E-state index in [2.05, 4.69) is 26.3 Å². The quantitative estimate of drug-likeness (QED) is 0.479. The molecule has 0 fully saturated rings. The zero-order chi connectivity index (χ0) is 19.6.